The molecule has 0 saturated carbocycles. The number of hydrogen-bond donors (Lipinski definition) is 1. The SMILES string of the molecule is CC(N(C)C(=O)OC(C)(C)C)C(C)(C)CC(=O)O. The van der Waals surface area contributed by atoms with E-state index in [0.29, 0.717) is 0 Å². The van der Waals surface area contributed by atoms with Gasteiger partial charge in [0.1, 0.15) is 5.60 Å². The lowest BCUT2D eigenvalue weighted by molar-refractivity contribution is -0.140. The largest absolute Gasteiger partial charge is 0.481 e. The van der Waals surface area contributed by atoms with Crippen LogP contribution in [0.15, 0.2) is 0 Å². The van der Waals surface area contributed by atoms with Crippen molar-refractivity contribution < 1.29 is 19.4 Å². The Kier molecular flexibility index (Phi) is 5.20. The van der Waals surface area contributed by atoms with E-state index in [0.717, 1.165) is 0 Å². The molecule has 1 N–H and O–H groups in total. The highest BCUT2D eigenvalue weighted by Gasteiger charge is 2.34. The predicted octanol–water partition coefficient (Wildman–Crippen LogP) is 2.74. The molecule has 0 fully saturated rings. The van der Waals surface area contributed by atoms with Gasteiger partial charge < -0.3 is 14.7 Å². The molecule has 0 rings (SSSR count). The Hall–Kier alpha value is -1.26. The number of nitrogens with zero attached hydrogens (tertiary/aromatic N) is 1. The number of carbonyl (C=O) groups excluding carboxylic acids is 1. The van der Waals surface area contributed by atoms with Crippen molar-refractivity contribution in [3.63, 3.8) is 0 Å². The smallest absolute Gasteiger partial charge is 0.410 e. The summed E-state index contributed by atoms with van der Waals surface area (Å²) in [6, 6.07) is -0.233. The number of carboxylic acids is 1. The van der Waals surface area contributed by atoms with Gasteiger partial charge in [-0.2, -0.15) is 0 Å². The fourth-order valence-corrected chi connectivity index (χ4v) is 1.55. The summed E-state index contributed by atoms with van der Waals surface area (Å²) < 4.78 is 5.26. The van der Waals surface area contributed by atoms with Gasteiger partial charge >= 0.3 is 12.1 Å². The van der Waals surface area contributed by atoms with Crippen molar-refractivity contribution in [1.82, 2.24) is 4.90 Å². The second-order valence-corrected chi connectivity index (χ2v) is 6.33. The predicted molar refractivity (Wildman–Crippen MR) is 69.5 cm³/mol. The van der Waals surface area contributed by atoms with E-state index in [9.17, 15) is 9.59 Å². The minimum absolute atomic E-state index is 0.00129. The summed E-state index contributed by atoms with van der Waals surface area (Å²) in [5, 5.41) is 8.87. The maximum Gasteiger partial charge on any atom is 0.410 e. The number of carboxylic acid groups (broad SMARTS) is 1. The Morgan fingerprint density at radius 3 is 2.00 bits per heavy atom. The van der Waals surface area contributed by atoms with Crippen molar-refractivity contribution in [2.24, 2.45) is 5.41 Å². The zero-order chi connectivity index (χ0) is 14.7. The molecule has 1 atom stereocenters. The third kappa shape index (κ3) is 5.38. The second-order valence-electron chi connectivity index (χ2n) is 6.33. The average Bonchev–Trinajstić information content (AvgIpc) is 2.10. The van der Waals surface area contributed by atoms with Crippen LogP contribution in [-0.2, 0) is 9.53 Å². The van der Waals surface area contributed by atoms with Crippen LogP contribution in [0.25, 0.3) is 0 Å². The number of hydrogen-bond acceptors (Lipinski definition) is 3. The van der Waals surface area contributed by atoms with E-state index < -0.39 is 23.1 Å². The molecular formula is C13H25NO4. The maximum absolute atomic E-state index is 11.9. The van der Waals surface area contributed by atoms with Crippen molar-refractivity contribution in [2.45, 2.75) is 59.6 Å². The molecular weight excluding hydrogens is 234 g/mol. The molecule has 0 aromatic carbocycles. The molecule has 0 aliphatic heterocycles. The number of amides is 1. The van der Waals surface area contributed by atoms with Gasteiger partial charge in [0.2, 0.25) is 0 Å². The number of ether oxygens (including phenoxy) is 1. The molecule has 106 valence electrons. The lowest BCUT2D eigenvalue weighted by Crippen LogP contribution is -2.46. The van der Waals surface area contributed by atoms with Gasteiger partial charge in [-0.3, -0.25) is 4.79 Å². The summed E-state index contributed by atoms with van der Waals surface area (Å²) in [6.45, 7) is 10.9. The van der Waals surface area contributed by atoms with Gasteiger partial charge in [-0.05, 0) is 33.1 Å². The normalized spacial score (nSPS) is 13.9. The van der Waals surface area contributed by atoms with Crippen LogP contribution in [0.1, 0.15) is 48.0 Å². The Bertz CT molecular complexity index is 317. The molecule has 1 unspecified atom stereocenters. The molecule has 5 heteroatoms. The van der Waals surface area contributed by atoms with E-state index in [4.69, 9.17) is 9.84 Å². The van der Waals surface area contributed by atoms with Gasteiger partial charge in [0.25, 0.3) is 0 Å². The van der Waals surface area contributed by atoms with E-state index in [1.54, 1.807) is 27.8 Å². The fourth-order valence-electron chi connectivity index (χ4n) is 1.55. The molecule has 0 aliphatic carbocycles. The lowest BCUT2D eigenvalue weighted by Gasteiger charge is -2.37. The summed E-state index contributed by atoms with van der Waals surface area (Å²) in [5.74, 6) is -0.871. The second kappa shape index (κ2) is 5.59. The minimum atomic E-state index is -0.871. The van der Waals surface area contributed by atoms with Gasteiger partial charge in [-0.15, -0.1) is 0 Å². The van der Waals surface area contributed by atoms with Gasteiger partial charge in [-0.1, -0.05) is 13.8 Å². The Labute approximate surface area is 109 Å². The topological polar surface area (TPSA) is 66.8 Å². The standard InChI is InChI=1S/C13H25NO4/c1-9(13(5,6)8-10(15)16)14(7)11(17)18-12(2,3)4/h9H,8H2,1-7H3,(H,15,16). The van der Waals surface area contributed by atoms with Crippen LogP contribution in [0.4, 0.5) is 4.79 Å². The van der Waals surface area contributed by atoms with Crippen LogP contribution in [0.3, 0.4) is 0 Å². The zero-order valence-corrected chi connectivity index (χ0v) is 12.4. The highest BCUT2D eigenvalue weighted by molar-refractivity contribution is 5.69. The Balaban J connectivity index is 4.73. The van der Waals surface area contributed by atoms with Gasteiger partial charge in [0.05, 0.1) is 6.42 Å². The molecule has 18 heavy (non-hydrogen) atoms. The maximum atomic E-state index is 11.9. The zero-order valence-electron chi connectivity index (χ0n) is 12.4. The first-order chi connectivity index (χ1) is 7.87. The summed E-state index contributed by atoms with van der Waals surface area (Å²) in [5.41, 5.74) is -1.07. The highest BCUT2D eigenvalue weighted by Crippen LogP contribution is 2.29. The molecule has 0 saturated heterocycles. The summed E-state index contributed by atoms with van der Waals surface area (Å²) in [6.07, 6.45) is -0.435. The minimum Gasteiger partial charge on any atom is -0.481 e. The molecule has 0 aromatic heterocycles. The first kappa shape index (κ1) is 16.7. The molecule has 0 radical (unpaired) electrons. The van der Waals surface area contributed by atoms with Crippen molar-refractivity contribution in [2.75, 3.05) is 7.05 Å². The summed E-state index contributed by atoms with van der Waals surface area (Å²) in [4.78, 5) is 24.1. The first-order valence-corrected chi connectivity index (χ1v) is 6.04. The molecule has 0 aromatic rings. The van der Waals surface area contributed by atoms with Crippen LogP contribution in [0, 0.1) is 5.41 Å². The lowest BCUT2D eigenvalue weighted by atomic mass is 9.81. The Morgan fingerprint density at radius 1 is 1.22 bits per heavy atom. The first-order valence-electron chi connectivity index (χ1n) is 6.04. The molecule has 0 spiro atoms. The van der Waals surface area contributed by atoms with Crippen molar-refractivity contribution in [3.8, 4) is 0 Å². The van der Waals surface area contributed by atoms with Gasteiger partial charge in [0.15, 0.2) is 0 Å². The van der Waals surface area contributed by atoms with Crippen LogP contribution < -0.4 is 0 Å². The molecule has 0 heterocycles. The Morgan fingerprint density at radius 2 is 1.67 bits per heavy atom. The van der Waals surface area contributed by atoms with Crippen LogP contribution in [-0.4, -0.2) is 40.8 Å². The van der Waals surface area contributed by atoms with Crippen LogP contribution >= 0.6 is 0 Å². The fraction of sp³-hybridized carbons (Fsp3) is 0.846. The van der Waals surface area contributed by atoms with E-state index in [-0.39, 0.29) is 12.5 Å². The quantitative estimate of drug-likeness (QED) is 0.843. The van der Waals surface area contributed by atoms with E-state index in [2.05, 4.69) is 0 Å². The van der Waals surface area contributed by atoms with Crippen molar-refractivity contribution >= 4 is 12.1 Å². The molecule has 1 amide bonds. The average molecular weight is 259 g/mol. The summed E-state index contributed by atoms with van der Waals surface area (Å²) >= 11 is 0. The van der Waals surface area contributed by atoms with Crippen LogP contribution in [0.5, 0.6) is 0 Å². The number of rotatable bonds is 4. The van der Waals surface area contributed by atoms with Gasteiger partial charge in [-0.25, -0.2) is 4.79 Å². The third-order valence-electron chi connectivity index (χ3n) is 3.00. The van der Waals surface area contributed by atoms with Crippen molar-refractivity contribution in [3.05, 3.63) is 0 Å². The molecule has 0 aliphatic rings. The monoisotopic (exact) mass is 259 g/mol. The third-order valence-corrected chi connectivity index (χ3v) is 3.00. The van der Waals surface area contributed by atoms with E-state index >= 15 is 0 Å². The van der Waals surface area contributed by atoms with E-state index in [1.165, 1.54) is 4.90 Å². The molecule has 5 nitrogen and oxygen atoms in total. The van der Waals surface area contributed by atoms with Crippen molar-refractivity contribution in [1.29, 1.82) is 0 Å². The number of aliphatic carboxylic acids is 1. The highest BCUT2D eigenvalue weighted by atomic mass is 16.6. The number of carbonyl (C=O) groups is 2. The molecule has 0 bridgehead atoms. The van der Waals surface area contributed by atoms with Crippen LogP contribution in [0.2, 0.25) is 0 Å². The van der Waals surface area contributed by atoms with E-state index in [1.807, 2.05) is 20.8 Å². The summed E-state index contributed by atoms with van der Waals surface area (Å²) in [7, 11) is 1.63. The van der Waals surface area contributed by atoms with Gasteiger partial charge in [0, 0.05) is 13.1 Å².